The SMILES string of the molecule is CC(C)CC(O)c1cnnn1-c1ccccc1. The summed E-state index contributed by atoms with van der Waals surface area (Å²) in [6, 6.07) is 9.72. The van der Waals surface area contributed by atoms with Crippen LogP contribution >= 0.6 is 0 Å². The molecule has 0 saturated heterocycles. The van der Waals surface area contributed by atoms with Gasteiger partial charge < -0.3 is 5.11 Å². The lowest BCUT2D eigenvalue weighted by Crippen LogP contribution is -2.09. The molecule has 0 fully saturated rings. The minimum atomic E-state index is -0.523. The molecule has 4 nitrogen and oxygen atoms in total. The Bertz CT molecular complexity index is 465. The normalized spacial score (nSPS) is 12.9. The van der Waals surface area contributed by atoms with Crippen molar-refractivity contribution < 1.29 is 5.11 Å². The molecule has 1 aromatic heterocycles. The lowest BCUT2D eigenvalue weighted by atomic mass is 10.0. The van der Waals surface area contributed by atoms with Crippen molar-refractivity contribution >= 4 is 0 Å². The van der Waals surface area contributed by atoms with Crippen molar-refractivity contribution in [2.45, 2.75) is 26.4 Å². The van der Waals surface area contributed by atoms with Crippen molar-refractivity contribution in [2.75, 3.05) is 0 Å². The van der Waals surface area contributed by atoms with E-state index in [0.717, 1.165) is 11.4 Å². The molecular formula is C13H17N3O. The van der Waals surface area contributed by atoms with E-state index in [1.165, 1.54) is 0 Å². The number of aliphatic hydroxyl groups excluding tert-OH is 1. The molecule has 0 amide bonds. The van der Waals surface area contributed by atoms with Crippen molar-refractivity contribution in [1.82, 2.24) is 15.0 Å². The van der Waals surface area contributed by atoms with Gasteiger partial charge in [0.15, 0.2) is 0 Å². The second-order valence-corrected chi connectivity index (χ2v) is 4.55. The molecule has 0 bridgehead atoms. The van der Waals surface area contributed by atoms with Gasteiger partial charge in [-0.15, -0.1) is 5.10 Å². The van der Waals surface area contributed by atoms with Gasteiger partial charge in [-0.3, -0.25) is 0 Å². The highest BCUT2D eigenvalue weighted by atomic mass is 16.3. The molecule has 90 valence electrons. The minimum absolute atomic E-state index is 0.434. The van der Waals surface area contributed by atoms with Crippen LogP contribution in [0.2, 0.25) is 0 Å². The van der Waals surface area contributed by atoms with Crippen molar-refractivity contribution in [2.24, 2.45) is 5.92 Å². The van der Waals surface area contributed by atoms with Gasteiger partial charge in [-0.05, 0) is 24.5 Å². The largest absolute Gasteiger partial charge is 0.387 e. The second-order valence-electron chi connectivity index (χ2n) is 4.55. The van der Waals surface area contributed by atoms with E-state index >= 15 is 0 Å². The van der Waals surface area contributed by atoms with Crippen LogP contribution < -0.4 is 0 Å². The Labute approximate surface area is 101 Å². The fourth-order valence-corrected chi connectivity index (χ4v) is 1.81. The molecule has 1 N–H and O–H groups in total. The van der Waals surface area contributed by atoms with Crippen LogP contribution in [0.15, 0.2) is 36.5 Å². The summed E-state index contributed by atoms with van der Waals surface area (Å²) in [4.78, 5) is 0. The van der Waals surface area contributed by atoms with Crippen LogP contribution in [-0.2, 0) is 0 Å². The maximum atomic E-state index is 10.1. The van der Waals surface area contributed by atoms with E-state index in [-0.39, 0.29) is 0 Å². The highest BCUT2D eigenvalue weighted by Gasteiger charge is 2.16. The van der Waals surface area contributed by atoms with E-state index in [9.17, 15) is 5.11 Å². The summed E-state index contributed by atoms with van der Waals surface area (Å²) >= 11 is 0. The van der Waals surface area contributed by atoms with E-state index in [1.807, 2.05) is 30.3 Å². The average molecular weight is 231 g/mol. The number of aromatic nitrogens is 3. The van der Waals surface area contributed by atoms with Crippen LogP contribution in [0.3, 0.4) is 0 Å². The summed E-state index contributed by atoms with van der Waals surface area (Å²) in [5.41, 5.74) is 1.66. The van der Waals surface area contributed by atoms with Gasteiger partial charge in [0, 0.05) is 0 Å². The molecule has 1 unspecified atom stereocenters. The predicted octanol–water partition coefficient (Wildman–Crippen LogP) is 2.35. The van der Waals surface area contributed by atoms with Gasteiger partial charge in [-0.1, -0.05) is 37.3 Å². The lowest BCUT2D eigenvalue weighted by molar-refractivity contribution is 0.144. The van der Waals surface area contributed by atoms with Crippen LogP contribution in [-0.4, -0.2) is 20.1 Å². The van der Waals surface area contributed by atoms with Gasteiger partial charge in [0.25, 0.3) is 0 Å². The standard InChI is InChI=1S/C13H17N3O/c1-10(2)8-13(17)12-9-14-15-16(12)11-6-4-3-5-7-11/h3-7,9-10,13,17H,8H2,1-2H3. The van der Waals surface area contributed by atoms with Crippen molar-refractivity contribution in [3.63, 3.8) is 0 Å². The molecule has 17 heavy (non-hydrogen) atoms. The summed E-state index contributed by atoms with van der Waals surface area (Å²) in [7, 11) is 0. The zero-order valence-corrected chi connectivity index (χ0v) is 10.1. The van der Waals surface area contributed by atoms with Crippen LogP contribution in [0.25, 0.3) is 5.69 Å². The number of nitrogens with zero attached hydrogens (tertiary/aromatic N) is 3. The zero-order valence-electron chi connectivity index (χ0n) is 10.1. The van der Waals surface area contributed by atoms with Crippen LogP contribution in [0, 0.1) is 5.92 Å². The Balaban J connectivity index is 2.29. The molecule has 0 radical (unpaired) electrons. The van der Waals surface area contributed by atoms with Gasteiger partial charge in [0.05, 0.1) is 23.7 Å². The third kappa shape index (κ3) is 2.71. The quantitative estimate of drug-likeness (QED) is 0.878. The van der Waals surface area contributed by atoms with E-state index in [0.29, 0.717) is 12.3 Å². The Morgan fingerprint density at radius 3 is 2.59 bits per heavy atom. The Morgan fingerprint density at radius 2 is 1.94 bits per heavy atom. The lowest BCUT2D eigenvalue weighted by Gasteiger charge is -2.14. The molecule has 1 aromatic carbocycles. The highest BCUT2D eigenvalue weighted by Crippen LogP contribution is 2.22. The first-order valence-corrected chi connectivity index (χ1v) is 5.82. The molecule has 0 spiro atoms. The highest BCUT2D eigenvalue weighted by molar-refractivity contribution is 5.31. The second kappa shape index (κ2) is 5.10. The zero-order chi connectivity index (χ0) is 12.3. The van der Waals surface area contributed by atoms with Crippen LogP contribution in [0.4, 0.5) is 0 Å². The Kier molecular flexibility index (Phi) is 3.54. The monoisotopic (exact) mass is 231 g/mol. The number of hydrogen-bond acceptors (Lipinski definition) is 3. The van der Waals surface area contributed by atoms with Gasteiger partial charge >= 0.3 is 0 Å². The van der Waals surface area contributed by atoms with Crippen LogP contribution in [0.1, 0.15) is 32.1 Å². The molecule has 0 aliphatic heterocycles. The minimum Gasteiger partial charge on any atom is -0.387 e. The summed E-state index contributed by atoms with van der Waals surface area (Å²) in [6.45, 7) is 4.17. The number of aliphatic hydroxyl groups is 1. The first-order valence-electron chi connectivity index (χ1n) is 5.82. The molecule has 1 heterocycles. The first kappa shape index (κ1) is 11.8. The molecule has 0 aliphatic carbocycles. The van der Waals surface area contributed by atoms with Crippen molar-refractivity contribution in [3.05, 3.63) is 42.2 Å². The predicted molar refractivity (Wildman–Crippen MR) is 65.8 cm³/mol. The fraction of sp³-hybridized carbons (Fsp3) is 0.385. The molecule has 0 saturated carbocycles. The number of hydrogen-bond donors (Lipinski definition) is 1. The van der Waals surface area contributed by atoms with Gasteiger partial charge in [0.1, 0.15) is 0 Å². The van der Waals surface area contributed by atoms with Gasteiger partial charge in [-0.25, -0.2) is 4.68 Å². The van der Waals surface area contributed by atoms with Crippen LogP contribution in [0.5, 0.6) is 0 Å². The van der Waals surface area contributed by atoms with Crippen molar-refractivity contribution in [1.29, 1.82) is 0 Å². The average Bonchev–Trinajstić information content (AvgIpc) is 2.78. The third-order valence-electron chi connectivity index (χ3n) is 2.61. The Hall–Kier alpha value is -1.68. The van der Waals surface area contributed by atoms with E-state index in [4.69, 9.17) is 0 Å². The van der Waals surface area contributed by atoms with Gasteiger partial charge in [0.2, 0.25) is 0 Å². The summed E-state index contributed by atoms with van der Waals surface area (Å²) in [5, 5.41) is 18.0. The molecule has 4 heteroatoms. The maximum Gasteiger partial charge on any atom is 0.0980 e. The van der Waals surface area contributed by atoms with Crippen molar-refractivity contribution in [3.8, 4) is 5.69 Å². The first-order chi connectivity index (χ1) is 8.18. The third-order valence-corrected chi connectivity index (χ3v) is 2.61. The summed E-state index contributed by atoms with van der Waals surface area (Å²) < 4.78 is 1.69. The Morgan fingerprint density at radius 1 is 1.24 bits per heavy atom. The molecular weight excluding hydrogens is 214 g/mol. The molecule has 0 aliphatic rings. The van der Waals surface area contributed by atoms with E-state index in [1.54, 1.807) is 10.9 Å². The summed E-state index contributed by atoms with van der Waals surface area (Å²) in [6.07, 6.45) is 1.81. The molecule has 2 aromatic rings. The van der Waals surface area contributed by atoms with E-state index < -0.39 is 6.10 Å². The summed E-state index contributed by atoms with van der Waals surface area (Å²) in [5.74, 6) is 0.434. The smallest absolute Gasteiger partial charge is 0.0980 e. The van der Waals surface area contributed by atoms with E-state index in [2.05, 4.69) is 24.2 Å². The topological polar surface area (TPSA) is 50.9 Å². The maximum absolute atomic E-state index is 10.1. The molecule has 2 rings (SSSR count). The molecule has 1 atom stereocenters. The fourth-order valence-electron chi connectivity index (χ4n) is 1.81. The van der Waals surface area contributed by atoms with Gasteiger partial charge in [-0.2, -0.15) is 0 Å². The number of para-hydroxylation sites is 1. The number of benzene rings is 1. The number of rotatable bonds is 4.